The third-order valence-corrected chi connectivity index (χ3v) is 8.81. The molecule has 0 aromatic carbocycles. The maximum Gasteiger partial charge on any atom is 0.505 e. The quantitative estimate of drug-likeness (QED) is 0.567. The van der Waals surface area contributed by atoms with Crippen LogP contribution in [0.2, 0.25) is 0 Å². The molecule has 2 N–H and O–H groups in total. The van der Waals surface area contributed by atoms with Crippen LogP contribution in [0.25, 0.3) is 0 Å². The molecule has 0 saturated heterocycles. The predicted octanol–water partition coefficient (Wildman–Crippen LogP) is 3.95. The van der Waals surface area contributed by atoms with Crippen molar-refractivity contribution in [1.82, 2.24) is 0 Å². The van der Waals surface area contributed by atoms with E-state index in [2.05, 4.69) is 12.8 Å². The number of carbonyl (C=O) groups is 2. The van der Waals surface area contributed by atoms with Crippen molar-refractivity contribution in [2.75, 3.05) is 6.61 Å². The van der Waals surface area contributed by atoms with Gasteiger partial charge >= 0.3 is 6.16 Å². The molecule has 6 atom stereocenters. The minimum atomic E-state index is -1.29. The second-order valence-electron chi connectivity index (χ2n) is 9.56. The van der Waals surface area contributed by atoms with E-state index in [9.17, 15) is 14.7 Å². The Morgan fingerprint density at radius 3 is 2.71 bits per heavy atom. The van der Waals surface area contributed by atoms with Gasteiger partial charge in [0.15, 0.2) is 5.78 Å². The normalized spacial score (nSPS) is 44.5. The molecule has 0 bridgehead atoms. The van der Waals surface area contributed by atoms with Gasteiger partial charge in [0, 0.05) is 12.8 Å². The first kappa shape index (κ1) is 19.5. The Balaban J connectivity index is 1.60. The van der Waals surface area contributed by atoms with Gasteiger partial charge in [-0.3, -0.25) is 4.79 Å². The summed E-state index contributed by atoms with van der Waals surface area (Å²) in [7, 11) is 0. The SMILES string of the molecule is C#C[C@]12CCC(=O)C=C1CC[C@@H]1[C@@H]2CC[C@@]2(C)[C@H]1CC[C@@]2(O)CCOC(=O)O. The lowest BCUT2D eigenvalue weighted by Gasteiger charge is -2.58. The highest BCUT2D eigenvalue weighted by Gasteiger charge is 2.64. The molecule has 0 aromatic heterocycles. The Kier molecular flexibility index (Phi) is 4.62. The Morgan fingerprint density at radius 2 is 2.00 bits per heavy atom. The molecule has 28 heavy (non-hydrogen) atoms. The van der Waals surface area contributed by atoms with Crippen molar-refractivity contribution in [3.05, 3.63) is 11.6 Å². The van der Waals surface area contributed by atoms with E-state index in [-0.39, 0.29) is 23.2 Å². The molecule has 5 nitrogen and oxygen atoms in total. The van der Waals surface area contributed by atoms with Crippen LogP contribution in [0.4, 0.5) is 4.79 Å². The van der Waals surface area contributed by atoms with Crippen LogP contribution >= 0.6 is 0 Å². The van der Waals surface area contributed by atoms with Gasteiger partial charge in [0.05, 0.1) is 17.6 Å². The fourth-order valence-corrected chi connectivity index (χ4v) is 7.32. The second kappa shape index (κ2) is 6.62. The summed E-state index contributed by atoms with van der Waals surface area (Å²) in [6.45, 7) is 2.21. The molecule has 0 heterocycles. The fraction of sp³-hybridized carbons (Fsp3) is 0.739. The number of carbonyl (C=O) groups excluding carboxylic acids is 1. The molecule has 0 spiro atoms. The third kappa shape index (κ3) is 2.64. The summed E-state index contributed by atoms with van der Waals surface area (Å²) in [5.74, 6) is 4.54. The summed E-state index contributed by atoms with van der Waals surface area (Å²) in [6.07, 6.45) is 13.6. The van der Waals surface area contributed by atoms with Gasteiger partial charge in [0.2, 0.25) is 0 Å². The van der Waals surface area contributed by atoms with Crippen LogP contribution in [-0.2, 0) is 9.53 Å². The zero-order chi connectivity index (χ0) is 20.2. The Bertz CT molecular complexity index is 763. The smallest absolute Gasteiger partial charge is 0.450 e. The number of rotatable bonds is 3. The molecule has 0 radical (unpaired) electrons. The summed E-state index contributed by atoms with van der Waals surface area (Å²) in [6, 6.07) is 0. The average Bonchev–Trinajstić information content (AvgIpc) is 2.92. The van der Waals surface area contributed by atoms with Crippen molar-refractivity contribution in [1.29, 1.82) is 0 Å². The summed E-state index contributed by atoms with van der Waals surface area (Å²) in [5, 5.41) is 20.2. The highest BCUT2D eigenvalue weighted by molar-refractivity contribution is 5.92. The maximum atomic E-state index is 12.0. The van der Waals surface area contributed by atoms with E-state index in [4.69, 9.17) is 16.3 Å². The lowest BCUT2D eigenvalue weighted by molar-refractivity contribution is -0.132. The van der Waals surface area contributed by atoms with Crippen molar-refractivity contribution in [2.24, 2.45) is 28.6 Å². The fourth-order valence-electron chi connectivity index (χ4n) is 7.32. The standard InChI is InChI=1S/C23H30O5/c1-3-22-10-6-16(24)14-15(22)4-5-17-18-8-11-23(27,12-13-28-20(25)26)21(18,2)9-7-19(17)22/h1,14,17-19,27H,4-13H2,2H3,(H,25,26)/t17-,18-,19-,21-,22-,23+/m0/s1. The van der Waals surface area contributed by atoms with Gasteiger partial charge < -0.3 is 14.9 Å². The molecule has 0 amide bonds. The van der Waals surface area contributed by atoms with Crippen molar-refractivity contribution in [3.63, 3.8) is 0 Å². The van der Waals surface area contributed by atoms with Gasteiger partial charge in [-0.05, 0) is 79.8 Å². The molecule has 4 rings (SSSR count). The summed E-state index contributed by atoms with van der Waals surface area (Å²) in [4.78, 5) is 22.7. The van der Waals surface area contributed by atoms with Gasteiger partial charge in [-0.2, -0.15) is 0 Å². The maximum absolute atomic E-state index is 12.0. The Labute approximate surface area is 166 Å². The van der Waals surface area contributed by atoms with Gasteiger partial charge in [-0.25, -0.2) is 4.79 Å². The second-order valence-corrected chi connectivity index (χ2v) is 9.56. The first-order chi connectivity index (χ1) is 13.3. The number of allylic oxidation sites excluding steroid dienone is 1. The van der Waals surface area contributed by atoms with Crippen LogP contribution in [0.15, 0.2) is 11.6 Å². The van der Waals surface area contributed by atoms with Gasteiger partial charge in [0.1, 0.15) is 0 Å². The number of hydrogen-bond donors (Lipinski definition) is 2. The average molecular weight is 386 g/mol. The molecule has 4 aliphatic rings. The van der Waals surface area contributed by atoms with Crippen molar-refractivity contribution >= 4 is 11.9 Å². The minimum Gasteiger partial charge on any atom is -0.450 e. The van der Waals surface area contributed by atoms with Gasteiger partial charge in [0.25, 0.3) is 0 Å². The molecule has 152 valence electrons. The molecule has 5 heteroatoms. The number of ketones is 1. The Hall–Kier alpha value is -1.80. The van der Waals surface area contributed by atoms with Crippen LogP contribution < -0.4 is 0 Å². The summed E-state index contributed by atoms with van der Waals surface area (Å²) < 4.78 is 4.71. The van der Waals surface area contributed by atoms with E-state index in [0.29, 0.717) is 37.0 Å². The van der Waals surface area contributed by atoms with Crippen LogP contribution in [0, 0.1) is 40.9 Å². The number of carboxylic acid groups (broad SMARTS) is 1. The predicted molar refractivity (Wildman–Crippen MR) is 103 cm³/mol. The molecular formula is C23H30O5. The summed E-state index contributed by atoms with van der Waals surface area (Å²) in [5.41, 5.74) is -0.248. The van der Waals surface area contributed by atoms with E-state index in [1.807, 2.05) is 6.08 Å². The van der Waals surface area contributed by atoms with Gasteiger partial charge in [-0.1, -0.05) is 12.8 Å². The zero-order valence-electron chi connectivity index (χ0n) is 16.6. The van der Waals surface area contributed by atoms with E-state index < -0.39 is 11.8 Å². The molecule has 0 unspecified atom stereocenters. The molecule has 4 aliphatic carbocycles. The lowest BCUT2D eigenvalue weighted by Crippen LogP contribution is -2.55. The zero-order valence-corrected chi connectivity index (χ0v) is 16.6. The first-order valence-corrected chi connectivity index (χ1v) is 10.6. The van der Waals surface area contributed by atoms with Gasteiger partial charge in [-0.15, -0.1) is 6.42 Å². The van der Waals surface area contributed by atoms with E-state index in [1.54, 1.807) is 0 Å². The highest BCUT2D eigenvalue weighted by Crippen LogP contribution is 2.67. The van der Waals surface area contributed by atoms with Crippen molar-refractivity contribution in [2.45, 2.75) is 70.3 Å². The largest absolute Gasteiger partial charge is 0.505 e. The van der Waals surface area contributed by atoms with Crippen LogP contribution in [0.5, 0.6) is 0 Å². The van der Waals surface area contributed by atoms with Crippen molar-refractivity contribution < 1.29 is 24.5 Å². The van der Waals surface area contributed by atoms with Crippen molar-refractivity contribution in [3.8, 4) is 12.3 Å². The molecule has 3 fully saturated rings. The van der Waals surface area contributed by atoms with Crippen LogP contribution in [0.1, 0.15) is 64.7 Å². The Morgan fingerprint density at radius 1 is 1.25 bits per heavy atom. The monoisotopic (exact) mass is 386 g/mol. The molecule has 0 aliphatic heterocycles. The highest BCUT2D eigenvalue weighted by atomic mass is 16.7. The van der Waals surface area contributed by atoms with E-state index in [0.717, 1.165) is 38.5 Å². The number of hydrogen-bond acceptors (Lipinski definition) is 4. The van der Waals surface area contributed by atoms with Crippen LogP contribution in [-0.4, -0.2) is 34.4 Å². The number of fused-ring (bicyclic) bond motifs is 5. The molecule has 0 aromatic rings. The van der Waals surface area contributed by atoms with E-state index in [1.165, 1.54) is 5.57 Å². The number of ether oxygens (including phenoxy) is 1. The number of aliphatic hydroxyl groups is 1. The topological polar surface area (TPSA) is 83.8 Å². The minimum absolute atomic E-state index is 0.0333. The first-order valence-electron chi connectivity index (χ1n) is 10.6. The van der Waals surface area contributed by atoms with Crippen LogP contribution in [0.3, 0.4) is 0 Å². The molecular weight excluding hydrogens is 356 g/mol. The summed E-state index contributed by atoms with van der Waals surface area (Å²) >= 11 is 0. The third-order valence-electron chi connectivity index (χ3n) is 8.81. The molecule has 3 saturated carbocycles. The number of terminal acetylenes is 1. The lowest BCUT2D eigenvalue weighted by atomic mass is 9.46. The van der Waals surface area contributed by atoms with E-state index >= 15 is 0 Å².